The number of benzene rings is 1. The van der Waals surface area contributed by atoms with Crippen LogP contribution in [-0.2, 0) is 6.54 Å². The Morgan fingerprint density at radius 2 is 2.04 bits per heavy atom. The van der Waals surface area contributed by atoms with Gasteiger partial charge in [0.2, 0.25) is 0 Å². The van der Waals surface area contributed by atoms with Crippen molar-refractivity contribution < 1.29 is 4.42 Å². The third-order valence-electron chi connectivity index (χ3n) is 4.05. The van der Waals surface area contributed by atoms with Crippen molar-refractivity contribution in [1.29, 1.82) is 0 Å². The molecule has 0 saturated carbocycles. The summed E-state index contributed by atoms with van der Waals surface area (Å²) in [6.45, 7) is 4.86. The molecule has 0 aliphatic carbocycles. The molecule has 0 radical (unpaired) electrons. The van der Waals surface area contributed by atoms with Crippen molar-refractivity contribution >= 4 is 27.4 Å². The van der Waals surface area contributed by atoms with Crippen LogP contribution in [0.25, 0.3) is 21.3 Å². The lowest BCUT2D eigenvalue weighted by atomic mass is 9.99. The molecule has 0 aliphatic rings. The summed E-state index contributed by atoms with van der Waals surface area (Å²) in [5, 5.41) is 6.61. The number of anilines is 1. The Balaban J connectivity index is 1.79. The van der Waals surface area contributed by atoms with Crippen LogP contribution >= 0.6 is 11.3 Å². The lowest BCUT2D eigenvalue weighted by Gasteiger charge is -2.09. The summed E-state index contributed by atoms with van der Waals surface area (Å²) in [4.78, 5) is 9.87. The van der Waals surface area contributed by atoms with Crippen LogP contribution in [0.1, 0.15) is 16.9 Å². The first-order chi connectivity index (χ1) is 11.7. The molecular formula is C19H17N3OS. The topological polar surface area (TPSA) is 51.0 Å². The quantitative estimate of drug-likeness (QED) is 0.558. The van der Waals surface area contributed by atoms with Crippen molar-refractivity contribution in [3.05, 3.63) is 65.2 Å². The summed E-state index contributed by atoms with van der Waals surface area (Å²) in [6.07, 6.45) is 3.29. The highest BCUT2D eigenvalue weighted by Crippen LogP contribution is 2.38. The largest absolute Gasteiger partial charge is 0.467 e. The van der Waals surface area contributed by atoms with Gasteiger partial charge >= 0.3 is 0 Å². The van der Waals surface area contributed by atoms with Crippen molar-refractivity contribution in [2.75, 3.05) is 5.32 Å². The number of hydrogen-bond donors (Lipinski definition) is 1. The van der Waals surface area contributed by atoms with E-state index in [1.807, 2.05) is 12.1 Å². The van der Waals surface area contributed by atoms with Gasteiger partial charge in [-0.25, -0.2) is 9.97 Å². The molecule has 1 N–H and O–H groups in total. The molecule has 0 unspecified atom stereocenters. The number of nitrogens with zero attached hydrogens (tertiary/aromatic N) is 2. The molecule has 3 aromatic heterocycles. The fraction of sp³-hybridized carbons (Fsp3) is 0.158. The van der Waals surface area contributed by atoms with Crippen LogP contribution in [-0.4, -0.2) is 9.97 Å². The number of furan rings is 1. The molecule has 0 saturated heterocycles. The van der Waals surface area contributed by atoms with Crippen LogP contribution in [0.5, 0.6) is 0 Å². The van der Waals surface area contributed by atoms with E-state index in [0.29, 0.717) is 6.54 Å². The Morgan fingerprint density at radius 1 is 1.12 bits per heavy atom. The van der Waals surface area contributed by atoms with Gasteiger partial charge < -0.3 is 9.73 Å². The average Bonchev–Trinajstić information content (AvgIpc) is 3.22. The van der Waals surface area contributed by atoms with Gasteiger partial charge in [-0.3, -0.25) is 0 Å². The summed E-state index contributed by atoms with van der Waals surface area (Å²) < 4.78 is 5.39. The van der Waals surface area contributed by atoms with Crippen LogP contribution in [0.4, 0.5) is 5.82 Å². The van der Waals surface area contributed by atoms with Crippen LogP contribution in [0, 0.1) is 13.8 Å². The number of nitrogens with one attached hydrogen (secondary N) is 1. The van der Waals surface area contributed by atoms with Crippen molar-refractivity contribution in [2.24, 2.45) is 0 Å². The molecule has 0 amide bonds. The predicted molar refractivity (Wildman–Crippen MR) is 98.4 cm³/mol. The Bertz CT molecular complexity index is 989. The molecule has 0 aliphatic heterocycles. The van der Waals surface area contributed by atoms with Gasteiger partial charge in [0.25, 0.3) is 0 Å². The first kappa shape index (κ1) is 14.9. The molecule has 1 aromatic carbocycles. The summed E-state index contributed by atoms with van der Waals surface area (Å²) in [6, 6.07) is 10.4. The standard InChI is InChI=1S/C19H17N3OS/c1-12-5-6-15(13(2)8-12)16-10-24-19-17(16)18(21-11-22-19)20-9-14-4-3-7-23-14/h3-8,10-11H,9H2,1-2H3,(H,20,21,22). The first-order valence-electron chi connectivity index (χ1n) is 7.78. The minimum atomic E-state index is 0.598. The molecular weight excluding hydrogens is 318 g/mol. The fourth-order valence-corrected chi connectivity index (χ4v) is 3.81. The summed E-state index contributed by atoms with van der Waals surface area (Å²) in [5.74, 6) is 1.72. The fourth-order valence-electron chi connectivity index (χ4n) is 2.91. The highest BCUT2D eigenvalue weighted by Gasteiger charge is 2.14. The second-order valence-corrected chi connectivity index (χ2v) is 6.66. The number of rotatable bonds is 4. The minimum Gasteiger partial charge on any atom is -0.467 e. The Kier molecular flexibility index (Phi) is 3.78. The van der Waals surface area contributed by atoms with Gasteiger partial charge in [-0.1, -0.05) is 23.8 Å². The van der Waals surface area contributed by atoms with E-state index in [1.165, 1.54) is 22.3 Å². The Morgan fingerprint density at radius 3 is 2.83 bits per heavy atom. The molecule has 3 heterocycles. The van der Waals surface area contributed by atoms with E-state index in [2.05, 4.69) is 52.7 Å². The zero-order valence-electron chi connectivity index (χ0n) is 13.5. The predicted octanol–water partition coefficient (Wildman–Crippen LogP) is 5.18. The molecule has 0 bridgehead atoms. The number of aryl methyl sites for hydroxylation is 2. The normalized spacial score (nSPS) is 11.1. The van der Waals surface area contributed by atoms with E-state index in [4.69, 9.17) is 4.42 Å². The molecule has 120 valence electrons. The molecule has 0 fully saturated rings. The van der Waals surface area contributed by atoms with Crippen LogP contribution in [0.3, 0.4) is 0 Å². The van der Waals surface area contributed by atoms with E-state index < -0.39 is 0 Å². The smallest absolute Gasteiger partial charge is 0.139 e. The zero-order valence-corrected chi connectivity index (χ0v) is 14.4. The number of hydrogen-bond acceptors (Lipinski definition) is 5. The van der Waals surface area contributed by atoms with Crippen molar-refractivity contribution in [2.45, 2.75) is 20.4 Å². The van der Waals surface area contributed by atoms with Gasteiger partial charge in [-0.05, 0) is 37.1 Å². The highest BCUT2D eigenvalue weighted by molar-refractivity contribution is 7.17. The summed E-state index contributed by atoms with van der Waals surface area (Å²) >= 11 is 1.64. The maximum absolute atomic E-state index is 5.39. The monoisotopic (exact) mass is 335 g/mol. The summed E-state index contributed by atoms with van der Waals surface area (Å²) in [5.41, 5.74) is 4.93. The van der Waals surface area contributed by atoms with E-state index >= 15 is 0 Å². The number of thiophene rings is 1. The molecule has 5 heteroatoms. The van der Waals surface area contributed by atoms with Crippen molar-refractivity contribution in [1.82, 2.24) is 9.97 Å². The van der Waals surface area contributed by atoms with E-state index in [9.17, 15) is 0 Å². The third kappa shape index (κ3) is 2.67. The molecule has 4 nitrogen and oxygen atoms in total. The number of aromatic nitrogens is 2. The van der Waals surface area contributed by atoms with Gasteiger partial charge in [-0.15, -0.1) is 11.3 Å². The van der Waals surface area contributed by atoms with Crippen molar-refractivity contribution in [3.8, 4) is 11.1 Å². The molecule has 0 spiro atoms. The highest BCUT2D eigenvalue weighted by atomic mass is 32.1. The van der Waals surface area contributed by atoms with E-state index in [0.717, 1.165) is 21.8 Å². The van der Waals surface area contributed by atoms with Gasteiger partial charge in [0, 0.05) is 10.9 Å². The van der Waals surface area contributed by atoms with Crippen LogP contribution in [0.15, 0.2) is 52.7 Å². The van der Waals surface area contributed by atoms with E-state index in [1.54, 1.807) is 23.9 Å². The second kappa shape index (κ2) is 6.09. The molecule has 24 heavy (non-hydrogen) atoms. The average molecular weight is 335 g/mol. The maximum atomic E-state index is 5.39. The molecule has 4 rings (SSSR count). The zero-order chi connectivity index (χ0) is 16.5. The van der Waals surface area contributed by atoms with Gasteiger partial charge in [0.05, 0.1) is 18.2 Å². The lowest BCUT2D eigenvalue weighted by Crippen LogP contribution is -2.01. The van der Waals surface area contributed by atoms with Crippen molar-refractivity contribution in [3.63, 3.8) is 0 Å². The molecule has 4 aromatic rings. The van der Waals surface area contributed by atoms with Gasteiger partial charge in [0.1, 0.15) is 22.7 Å². The van der Waals surface area contributed by atoms with E-state index in [-0.39, 0.29) is 0 Å². The Labute approximate surface area is 144 Å². The van der Waals surface area contributed by atoms with Crippen LogP contribution in [0.2, 0.25) is 0 Å². The summed E-state index contributed by atoms with van der Waals surface area (Å²) in [7, 11) is 0. The second-order valence-electron chi connectivity index (χ2n) is 5.80. The van der Waals surface area contributed by atoms with Crippen LogP contribution < -0.4 is 5.32 Å². The van der Waals surface area contributed by atoms with Gasteiger partial charge in [-0.2, -0.15) is 0 Å². The maximum Gasteiger partial charge on any atom is 0.139 e. The molecule has 0 atom stereocenters. The minimum absolute atomic E-state index is 0.598. The van der Waals surface area contributed by atoms with Gasteiger partial charge in [0.15, 0.2) is 0 Å². The number of fused-ring (bicyclic) bond motifs is 1. The SMILES string of the molecule is Cc1ccc(-c2csc3ncnc(NCc4ccco4)c23)c(C)c1. The lowest BCUT2D eigenvalue weighted by molar-refractivity contribution is 0.518. The Hall–Kier alpha value is -2.66. The third-order valence-corrected chi connectivity index (χ3v) is 4.94. The first-order valence-corrected chi connectivity index (χ1v) is 8.66.